The van der Waals surface area contributed by atoms with Crippen molar-refractivity contribution < 1.29 is 26.2 Å². The Kier molecular flexibility index (Phi) is 7.13. The molecule has 0 spiro atoms. The summed E-state index contributed by atoms with van der Waals surface area (Å²) >= 11 is 6.88. The number of hydrogen-bond acceptors (Lipinski definition) is 4. The van der Waals surface area contributed by atoms with E-state index in [-0.39, 0.29) is 26.8 Å². The topological polar surface area (TPSA) is 58.9 Å². The number of para-hydroxylation sites is 2. The Morgan fingerprint density at radius 1 is 0.659 bits per heavy atom. The summed E-state index contributed by atoms with van der Waals surface area (Å²) in [5, 5.41) is 12.2. The predicted octanol–water partition coefficient (Wildman–Crippen LogP) is 8.88. The average molecular weight is 768 g/mol. The number of hydrogen-bond donors (Lipinski definition) is 1. The fourth-order valence-electron chi connectivity index (χ4n) is 6.50. The first-order valence-electron chi connectivity index (χ1n) is 14.0. The number of aromatic nitrogens is 3. The van der Waals surface area contributed by atoms with Gasteiger partial charge in [0.05, 0.1) is 22.3 Å². The maximum atomic E-state index is 10.8. The van der Waals surface area contributed by atoms with Gasteiger partial charge in [0.15, 0.2) is 0 Å². The fraction of sp³-hybridized carbons (Fsp3) is 0.0263. The number of fused-ring (bicyclic) bond motifs is 4. The van der Waals surface area contributed by atoms with Crippen LogP contribution in [0.1, 0.15) is 22.4 Å². The molecule has 0 fully saturated rings. The molecular formula is C38H23ClN3OPt-. The van der Waals surface area contributed by atoms with Crippen LogP contribution in [0.3, 0.4) is 0 Å². The summed E-state index contributed by atoms with van der Waals surface area (Å²) in [6.07, 6.45) is 1.60. The van der Waals surface area contributed by atoms with Gasteiger partial charge in [0.1, 0.15) is 12.1 Å². The van der Waals surface area contributed by atoms with Gasteiger partial charge in [-0.3, -0.25) is 9.97 Å². The second-order valence-corrected chi connectivity index (χ2v) is 11.1. The predicted molar refractivity (Wildman–Crippen MR) is 171 cm³/mol. The van der Waals surface area contributed by atoms with Crippen molar-refractivity contribution in [2.24, 2.45) is 0 Å². The molecule has 0 bridgehead atoms. The number of halogens is 1. The van der Waals surface area contributed by atoms with Crippen molar-refractivity contribution >= 4 is 22.5 Å². The number of phenols is 1. The molecule has 8 rings (SSSR count). The molecule has 0 saturated heterocycles. The molecule has 1 aliphatic rings. The third-order valence-electron chi connectivity index (χ3n) is 8.30. The number of rotatable bonds is 4. The van der Waals surface area contributed by atoms with Crippen LogP contribution in [-0.4, -0.2) is 20.1 Å². The number of nitrogens with zero attached hydrogens (tertiary/aromatic N) is 3. The SMILES string of the molecule is Oc1ccccc1-c1cc(Cl)cc(C2(c3[c-]c(-c4ncnc5ccccc45)ccc3)c3ccccc3-c3ccccc32)n1.[Pt]. The van der Waals surface area contributed by atoms with Gasteiger partial charge in [-0.15, -0.1) is 35.4 Å². The van der Waals surface area contributed by atoms with E-state index in [0.717, 1.165) is 55.7 Å². The van der Waals surface area contributed by atoms with Gasteiger partial charge in [-0.1, -0.05) is 90.5 Å². The molecule has 0 aliphatic heterocycles. The molecule has 0 unspecified atom stereocenters. The summed E-state index contributed by atoms with van der Waals surface area (Å²) in [5.41, 5.74) is 9.05. The number of phenolic OH excluding ortho intramolecular Hbond substituents is 1. The van der Waals surface area contributed by atoms with Crippen LogP contribution < -0.4 is 0 Å². The second kappa shape index (κ2) is 11.1. The summed E-state index contributed by atoms with van der Waals surface area (Å²) in [6, 6.07) is 45.8. The minimum absolute atomic E-state index is 0. The maximum absolute atomic E-state index is 10.8. The van der Waals surface area contributed by atoms with Gasteiger partial charge in [0.2, 0.25) is 0 Å². The normalized spacial score (nSPS) is 12.8. The molecule has 2 aromatic heterocycles. The Morgan fingerprint density at radius 3 is 2.07 bits per heavy atom. The second-order valence-electron chi connectivity index (χ2n) is 10.6. The standard InChI is InChI=1S/C38H23ClN3O.Pt/c39-26-21-34(29-14-4-8-19-35(29)43)42-36(22-26)38(31-16-5-1-12-27(31)28-13-2-6-17-32(28)38)25-11-9-10-24(20-25)37-30-15-3-7-18-33(30)40-23-41-37;/h1-19,21-23,43H;/q-1;. The van der Waals surface area contributed by atoms with Gasteiger partial charge in [0.25, 0.3) is 0 Å². The van der Waals surface area contributed by atoms with Crippen LogP contribution in [-0.2, 0) is 26.5 Å². The van der Waals surface area contributed by atoms with Crippen LogP contribution in [0.5, 0.6) is 5.75 Å². The number of benzene rings is 5. The van der Waals surface area contributed by atoms with E-state index in [1.807, 2.05) is 48.5 Å². The summed E-state index contributed by atoms with van der Waals surface area (Å²) in [5.74, 6) is 0.147. The summed E-state index contributed by atoms with van der Waals surface area (Å²) in [7, 11) is 0. The van der Waals surface area contributed by atoms with E-state index in [1.54, 1.807) is 24.5 Å². The first-order valence-corrected chi connectivity index (χ1v) is 14.4. The fourth-order valence-corrected chi connectivity index (χ4v) is 6.71. The summed E-state index contributed by atoms with van der Waals surface area (Å²) in [6.45, 7) is 0. The molecule has 2 heterocycles. The maximum Gasteiger partial charge on any atom is 0.124 e. The smallest absolute Gasteiger partial charge is 0.124 e. The first kappa shape index (κ1) is 28.2. The third-order valence-corrected chi connectivity index (χ3v) is 8.52. The van der Waals surface area contributed by atoms with Crippen LogP contribution in [0, 0.1) is 6.07 Å². The monoisotopic (exact) mass is 767 g/mol. The van der Waals surface area contributed by atoms with Crippen LogP contribution in [0.2, 0.25) is 5.02 Å². The summed E-state index contributed by atoms with van der Waals surface area (Å²) in [4.78, 5) is 14.4. The van der Waals surface area contributed by atoms with E-state index in [2.05, 4.69) is 71.7 Å². The van der Waals surface area contributed by atoms with Gasteiger partial charge in [0, 0.05) is 31.7 Å². The molecule has 4 nitrogen and oxygen atoms in total. The molecule has 0 saturated carbocycles. The van der Waals surface area contributed by atoms with E-state index in [9.17, 15) is 5.11 Å². The van der Waals surface area contributed by atoms with Crippen molar-refractivity contribution in [3.05, 3.63) is 167 Å². The number of pyridine rings is 1. The zero-order valence-electron chi connectivity index (χ0n) is 23.2. The van der Waals surface area contributed by atoms with Crippen LogP contribution >= 0.6 is 11.6 Å². The molecule has 5 aromatic carbocycles. The zero-order valence-corrected chi connectivity index (χ0v) is 26.2. The molecule has 7 aromatic rings. The van der Waals surface area contributed by atoms with Gasteiger partial charge in [-0.25, -0.2) is 4.98 Å². The molecule has 44 heavy (non-hydrogen) atoms. The van der Waals surface area contributed by atoms with Gasteiger partial charge in [-0.05, 0) is 63.7 Å². The molecule has 0 amide bonds. The van der Waals surface area contributed by atoms with E-state index in [0.29, 0.717) is 16.3 Å². The Hall–Kier alpha value is -4.63. The average Bonchev–Trinajstić information content (AvgIpc) is 3.36. The van der Waals surface area contributed by atoms with Crippen LogP contribution in [0.15, 0.2) is 134 Å². The minimum atomic E-state index is -0.837. The first-order chi connectivity index (χ1) is 21.1. The van der Waals surface area contributed by atoms with Crippen molar-refractivity contribution in [3.8, 4) is 39.4 Å². The third kappa shape index (κ3) is 4.29. The van der Waals surface area contributed by atoms with Crippen LogP contribution in [0.4, 0.5) is 0 Å². The van der Waals surface area contributed by atoms with Gasteiger partial charge < -0.3 is 5.11 Å². The van der Waals surface area contributed by atoms with Crippen molar-refractivity contribution in [1.82, 2.24) is 15.0 Å². The van der Waals surface area contributed by atoms with Crippen LogP contribution in [0.25, 0.3) is 44.5 Å². The van der Waals surface area contributed by atoms with Crippen molar-refractivity contribution in [3.63, 3.8) is 0 Å². The zero-order chi connectivity index (χ0) is 29.0. The number of aromatic hydroxyl groups is 1. The molecule has 1 aliphatic carbocycles. The van der Waals surface area contributed by atoms with Gasteiger partial charge >= 0.3 is 0 Å². The van der Waals surface area contributed by atoms with E-state index >= 15 is 0 Å². The van der Waals surface area contributed by atoms with Crippen molar-refractivity contribution in [2.75, 3.05) is 0 Å². The van der Waals surface area contributed by atoms with E-state index in [4.69, 9.17) is 21.6 Å². The molecule has 6 heteroatoms. The molecule has 214 valence electrons. The summed E-state index contributed by atoms with van der Waals surface area (Å²) < 4.78 is 0. The molecule has 0 atom stereocenters. The Morgan fingerprint density at radius 2 is 1.32 bits per heavy atom. The molecule has 0 radical (unpaired) electrons. The Balaban J connectivity index is 0.00000312. The Labute approximate surface area is 274 Å². The molecular weight excluding hydrogens is 745 g/mol. The van der Waals surface area contributed by atoms with E-state index < -0.39 is 5.41 Å². The quantitative estimate of drug-likeness (QED) is 0.182. The molecule has 1 N–H and O–H groups in total. The largest absolute Gasteiger partial charge is 0.507 e. The minimum Gasteiger partial charge on any atom is -0.507 e. The van der Waals surface area contributed by atoms with Gasteiger partial charge in [-0.2, -0.15) is 0 Å². The van der Waals surface area contributed by atoms with Crippen molar-refractivity contribution in [1.29, 1.82) is 0 Å². The van der Waals surface area contributed by atoms with E-state index in [1.165, 1.54) is 0 Å². The van der Waals surface area contributed by atoms with Crippen molar-refractivity contribution in [2.45, 2.75) is 5.41 Å². The Bertz CT molecular complexity index is 2150.